The summed E-state index contributed by atoms with van der Waals surface area (Å²) < 4.78 is 7.53. The Morgan fingerprint density at radius 1 is 1.37 bits per heavy atom. The third-order valence-corrected chi connectivity index (χ3v) is 4.32. The Labute approximate surface area is 116 Å². The minimum absolute atomic E-state index is 0.399. The Morgan fingerprint density at radius 2 is 2.00 bits per heavy atom. The molecule has 0 aliphatic rings. The molecule has 0 fully saturated rings. The Balaban J connectivity index is 2.76. The second-order valence-electron chi connectivity index (χ2n) is 5.24. The molecule has 0 aliphatic heterocycles. The highest BCUT2D eigenvalue weighted by Crippen LogP contribution is 2.26. The van der Waals surface area contributed by atoms with Crippen molar-refractivity contribution in [3.05, 3.63) is 18.0 Å². The number of aliphatic hydroxyl groups excluding tert-OH is 1. The fourth-order valence-electron chi connectivity index (χ4n) is 2.45. The molecule has 1 rings (SSSR count). The van der Waals surface area contributed by atoms with Gasteiger partial charge in [0.1, 0.15) is 0 Å². The van der Waals surface area contributed by atoms with E-state index in [4.69, 9.17) is 4.74 Å². The van der Waals surface area contributed by atoms with Crippen molar-refractivity contribution >= 4 is 0 Å². The van der Waals surface area contributed by atoms with E-state index < -0.39 is 11.7 Å². The molecular weight excluding hydrogens is 240 g/mol. The Kier molecular flexibility index (Phi) is 6.01. The van der Waals surface area contributed by atoms with Gasteiger partial charge in [0, 0.05) is 25.8 Å². The molecule has 0 aromatic carbocycles. The summed E-state index contributed by atoms with van der Waals surface area (Å²) in [7, 11) is 1.67. The molecule has 0 saturated heterocycles. The van der Waals surface area contributed by atoms with Crippen LogP contribution in [-0.4, -0.2) is 33.7 Å². The summed E-state index contributed by atoms with van der Waals surface area (Å²) in [5.74, 6) is 0. The number of aromatic nitrogens is 2. The molecule has 1 aromatic heterocycles. The largest absolute Gasteiger partial charge is 0.390 e. The van der Waals surface area contributed by atoms with Gasteiger partial charge < -0.3 is 9.84 Å². The first-order valence-electron chi connectivity index (χ1n) is 7.30. The summed E-state index contributed by atoms with van der Waals surface area (Å²) in [6, 6.07) is 2.39. The number of hydrogen-bond acceptors (Lipinski definition) is 3. The monoisotopic (exact) mass is 268 g/mol. The van der Waals surface area contributed by atoms with Crippen molar-refractivity contribution in [2.45, 2.75) is 71.1 Å². The number of methoxy groups -OCH3 is 1. The van der Waals surface area contributed by atoms with Gasteiger partial charge in [-0.05, 0) is 32.3 Å². The fraction of sp³-hybridized carbons (Fsp3) is 0.800. The van der Waals surface area contributed by atoms with Crippen molar-refractivity contribution in [1.29, 1.82) is 0 Å². The molecule has 0 aliphatic carbocycles. The lowest BCUT2D eigenvalue weighted by molar-refractivity contribution is -0.107. The minimum atomic E-state index is -0.521. The first kappa shape index (κ1) is 16.2. The first-order valence-corrected chi connectivity index (χ1v) is 7.30. The van der Waals surface area contributed by atoms with Gasteiger partial charge in [0.05, 0.1) is 17.4 Å². The molecule has 4 nitrogen and oxygen atoms in total. The van der Waals surface area contributed by atoms with E-state index in [1.165, 1.54) is 0 Å². The molecule has 1 aromatic rings. The highest BCUT2D eigenvalue weighted by Gasteiger charge is 2.34. The number of rotatable bonds is 8. The van der Waals surface area contributed by atoms with Crippen LogP contribution in [-0.2, 0) is 11.2 Å². The van der Waals surface area contributed by atoms with E-state index in [1.807, 2.05) is 30.8 Å². The second-order valence-corrected chi connectivity index (χ2v) is 5.24. The molecule has 19 heavy (non-hydrogen) atoms. The van der Waals surface area contributed by atoms with Crippen molar-refractivity contribution in [3.63, 3.8) is 0 Å². The van der Waals surface area contributed by atoms with Gasteiger partial charge >= 0.3 is 0 Å². The number of ether oxygens (including phenoxy) is 1. The third kappa shape index (κ3) is 3.57. The average molecular weight is 268 g/mol. The van der Waals surface area contributed by atoms with Gasteiger partial charge in [-0.1, -0.05) is 20.8 Å². The fourth-order valence-corrected chi connectivity index (χ4v) is 2.45. The highest BCUT2D eigenvalue weighted by molar-refractivity contribution is 5.04. The van der Waals surface area contributed by atoms with Gasteiger partial charge in [0.25, 0.3) is 0 Å². The molecule has 0 bridgehead atoms. The van der Waals surface area contributed by atoms with Crippen LogP contribution in [0.5, 0.6) is 0 Å². The lowest BCUT2D eigenvalue weighted by Crippen LogP contribution is -2.44. The van der Waals surface area contributed by atoms with Crippen LogP contribution >= 0.6 is 0 Å². The second kappa shape index (κ2) is 7.06. The summed E-state index contributed by atoms with van der Waals surface area (Å²) >= 11 is 0. The van der Waals surface area contributed by atoms with Gasteiger partial charge in [-0.25, -0.2) is 0 Å². The topological polar surface area (TPSA) is 47.3 Å². The SMILES string of the molecule is CCC(C)n1ccc(CC(O)C(CC)(CC)OC)n1. The summed E-state index contributed by atoms with van der Waals surface area (Å²) in [5.41, 5.74) is 0.469. The smallest absolute Gasteiger partial charge is 0.0935 e. The Morgan fingerprint density at radius 3 is 2.47 bits per heavy atom. The van der Waals surface area contributed by atoms with Crippen molar-refractivity contribution in [2.24, 2.45) is 0 Å². The minimum Gasteiger partial charge on any atom is -0.390 e. The molecule has 0 radical (unpaired) electrons. The molecular formula is C15H28N2O2. The van der Waals surface area contributed by atoms with Crippen LogP contribution < -0.4 is 0 Å². The molecule has 2 unspecified atom stereocenters. The molecule has 2 atom stereocenters. The standard InChI is InChI=1S/C15H28N2O2/c1-6-12(4)17-10-9-13(16-17)11-14(18)15(7-2,8-3)19-5/h9-10,12,14,18H,6-8,11H2,1-5H3. The number of aliphatic hydroxyl groups is 1. The summed E-state index contributed by atoms with van der Waals surface area (Å²) in [6.45, 7) is 8.39. The Hall–Kier alpha value is -0.870. The zero-order chi connectivity index (χ0) is 14.5. The molecule has 1 N–H and O–H groups in total. The normalized spacial score (nSPS) is 15.5. The van der Waals surface area contributed by atoms with Crippen LogP contribution in [0.4, 0.5) is 0 Å². The first-order chi connectivity index (χ1) is 9.02. The predicted octanol–water partition coefficient (Wildman–Crippen LogP) is 2.96. The van der Waals surface area contributed by atoms with E-state index in [0.717, 1.165) is 25.0 Å². The van der Waals surface area contributed by atoms with E-state index >= 15 is 0 Å². The van der Waals surface area contributed by atoms with Crippen LogP contribution in [0.2, 0.25) is 0 Å². The zero-order valence-electron chi connectivity index (χ0n) is 12.9. The van der Waals surface area contributed by atoms with Gasteiger partial charge in [-0.15, -0.1) is 0 Å². The lowest BCUT2D eigenvalue weighted by Gasteiger charge is -2.34. The van der Waals surface area contributed by atoms with Crippen molar-refractivity contribution < 1.29 is 9.84 Å². The van der Waals surface area contributed by atoms with Gasteiger partial charge in [-0.3, -0.25) is 4.68 Å². The molecule has 0 spiro atoms. The zero-order valence-corrected chi connectivity index (χ0v) is 12.9. The van der Waals surface area contributed by atoms with Crippen molar-refractivity contribution in [1.82, 2.24) is 9.78 Å². The molecule has 1 heterocycles. The van der Waals surface area contributed by atoms with Gasteiger partial charge in [0.15, 0.2) is 0 Å². The van der Waals surface area contributed by atoms with E-state index in [2.05, 4.69) is 18.9 Å². The van der Waals surface area contributed by atoms with E-state index in [-0.39, 0.29) is 0 Å². The third-order valence-electron chi connectivity index (χ3n) is 4.32. The number of nitrogens with zero attached hydrogens (tertiary/aromatic N) is 2. The maximum absolute atomic E-state index is 10.4. The summed E-state index contributed by atoms with van der Waals surface area (Å²) in [6.07, 6.45) is 4.66. The van der Waals surface area contributed by atoms with Crippen molar-refractivity contribution in [2.75, 3.05) is 7.11 Å². The number of hydrogen-bond donors (Lipinski definition) is 1. The quantitative estimate of drug-likeness (QED) is 0.788. The maximum Gasteiger partial charge on any atom is 0.0935 e. The predicted molar refractivity (Wildman–Crippen MR) is 77.3 cm³/mol. The van der Waals surface area contributed by atoms with Crippen LogP contribution in [0.3, 0.4) is 0 Å². The summed E-state index contributed by atoms with van der Waals surface area (Å²) in [5, 5.41) is 15.0. The highest BCUT2D eigenvalue weighted by atomic mass is 16.5. The van der Waals surface area contributed by atoms with Crippen LogP contribution in [0.15, 0.2) is 12.3 Å². The molecule has 0 amide bonds. The average Bonchev–Trinajstić information content (AvgIpc) is 2.89. The van der Waals surface area contributed by atoms with E-state index in [1.54, 1.807) is 7.11 Å². The van der Waals surface area contributed by atoms with Gasteiger partial charge in [0.2, 0.25) is 0 Å². The van der Waals surface area contributed by atoms with Crippen LogP contribution in [0, 0.1) is 0 Å². The van der Waals surface area contributed by atoms with E-state index in [9.17, 15) is 5.11 Å². The molecule has 0 saturated carbocycles. The van der Waals surface area contributed by atoms with Gasteiger partial charge in [-0.2, -0.15) is 5.10 Å². The van der Waals surface area contributed by atoms with Crippen LogP contribution in [0.1, 0.15) is 58.7 Å². The van der Waals surface area contributed by atoms with Crippen molar-refractivity contribution in [3.8, 4) is 0 Å². The summed E-state index contributed by atoms with van der Waals surface area (Å²) in [4.78, 5) is 0. The van der Waals surface area contributed by atoms with E-state index in [0.29, 0.717) is 12.5 Å². The molecule has 4 heteroatoms. The lowest BCUT2D eigenvalue weighted by atomic mass is 9.88. The Bertz CT molecular complexity index is 364. The molecule has 110 valence electrons. The maximum atomic E-state index is 10.4. The van der Waals surface area contributed by atoms with Crippen LogP contribution in [0.25, 0.3) is 0 Å².